The number of hydrogen-bond acceptors (Lipinski definition) is 4. The molecule has 0 spiro atoms. The lowest BCUT2D eigenvalue weighted by atomic mass is 10.1. The zero-order valence-electron chi connectivity index (χ0n) is 15.2. The summed E-state index contributed by atoms with van der Waals surface area (Å²) < 4.78 is 25.8. The molecule has 8 heteroatoms. The number of amides is 2. The van der Waals surface area contributed by atoms with Crippen molar-refractivity contribution in [3.63, 3.8) is 0 Å². The molecule has 7 nitrogen and oxygen atoms in total. The highest BCUT2D eigenvalue weighted by molar-refractivity contribution is 7.92. The van der Waals surface area contributed by atoms with E-state index >= 15 is 0 Å². The number of rotatable bonds is 5. The Hall–Kier alpha value is -2.87. The van der Waals surface area contributed by atoms with Crippen LogP contribution in [-0.4, -0.2) is 32.5 Å². The predicted octanol–water partition coefficient (Wildman–Crippen LogP) is 3.25. The van der Waals surface area contributed by atoms with E-state index in [0.717, 1.165) is 5.56 Å². The number of carbonyl (C=O) groups excluding carboxylic acids is 2. The number of urea groups is 1. The number of nitrogens with one attached hydrogen (secondary N) is 2. The predicted molar refractivity (Wildman–Crippen MR) is 106 cm³/mol. The first-order valence-electron chi connectivity index (χ1n) is 8.62. The van der Waals surface area contributed by atoms with Crippen LogP contribution in [0.3, 0.4) is 0 Å². The van der Waals surface area contributed by atoms with E-state index in [1.54, 1.807) is 43.3 Å². The summed E-state index contributed by atoms with van der Waals surface area (Å²) in [6, 6.07) is 11.4. The first-order valence-corrected chi connectivity index (χ1v) is 10.2. The fourth-order valence-corrected chi connectivity index (χ4v) is 4.13. The number of nitrogens with zero attached hydrogens (tertiary/aromatic N) is 1. The van der Waals surface area contributed by atoms with Crippen LogP contribution < -0.4 is 14.9 Å². The molecule has 142 valence electrons. The first kappa shape index (κ1) is 18.9. The molecule has 0 saturated carbocycles. The lowest BCUT2D eigenvalue weighted by Gasteiger charge is -2.19. The van der Waals surface area contributed by atoms with Crippen molar-refractivity contribution in [3.8, 4) is 0 Å². The van der Waals surface area contributed by atoms with Crippen molar-refractivity contribution >= 4 is 38.9 Å². The van der Waals surface area contributed by atoms with E-state index in [9.17, 15) is 18.0 Å². The molecule has 2 aromatic rings. The lowest BCUT2D eigenvalue weighted by molar-refractivity contribution is 0.101. The summed E-state index contributed by atoms with van der Waals surface area (Å²) in [4.78, 5) is 23.7. The third kappa shape index (κ3) is 4.11. The topological polar surface area (TPSA) is 95.6 Å². The second-order valence-electron chi connectivity index (χ2n) is 6.28. The van der Waals surface area contributed by atoms with Crippen molar-refractivity contribution in [1.29, 1.82) is 0 Å². The molecule has 0 aliphatic carbocycles. The van der Waals surface area contributed by atoms with Gasteiger partial charge in [-0.15, -0.1) is 0 Å². The highest BCUT2D eigenvalue weighted by atomic mass is 32.2. The van der Waals surface area contributed by atoms with Crippen LogP contribution in [0.1, 0.15) is 29.8 Å². The molecule has 27 heavy (non-hydrogen) atoms. The van der Waals surface area contributed by atoms with E-state index in [2.05, 4.69) is 10.6 Å². The Bertz CT molecular complexity index is 1000. The van der Waals surface area contributed by atoms with Crippen LogP contribution in [0, 0.1) is 0 Å². The van der Waals surface area contributed by atoms with Crippen LogP contribution in [0.2, 0.25) is 0 Å². The van der Waals surface area contributed by atoms with Crippen LogP contribution in [0.4, 0.5) is 21.9 Å². The normalized spacial score (nSPS) is 13.2. The maximum atomic E-state index is 12.3. The maximum Gasteiger partial charge on any atom is 0.323 e. The Morgan fingerprint density at radius 1 is 1.07 bits per heavy atom. The van der Waals surface area contributed by atoms with Crippen molar-refractivity contribution < 1.29 is 18.0 Å². The average Bonchev–Trinajstić information content (AvgIpc) is 3.06. The molecule has 1 aliphatic rings. The molecule has 2 N–H and O–H groups in total. The van der Waals surface area contributed by atoms with Crippen molar-refractivity contribution in [2.24, 2.45) is 0 Å². The smallest absolute Gasteiger partial charge is 0.308 e. The molecule has 2 aromatic carbocycles. The van der Waals surface area contributed by atoms with Gasteiger partial charge >= 0.3 is 6.03 Å². The quantitative estimate of drug-likeness (QED) is 0.770. The van der Waals surface area contributed by atoms with Crippen LogP contribution >= 0.6 is 0 Å². The van der Waals surface area contributed by atoms with Gasteiger partial charge in [-0.1, -0.05) is 18.2 Å². The highest BCUT2D eigenvalue weighted by Crippen LogP contribution is 2.33. The van der Waals surface area contributed by atoms with Crippen LogP contribution in [-0.2, 0) is 16.4 Å². The summed E-state index contributed by atoms with van der Waals surface area (Å²) in [5.41, 5.74) is 3.04. The first-order chi connectivity index (χ1) is 12.8. The summed E-state index contributed by atoms with van der Waals surface area (Å²) in [6.45, 7) is 3.48. The molecule has 0 unspecified atom stereocenters. The number of benzene rings is 2. The van der Waals surface area contributed by atoms with Gasteiger partial charge in [0.2, 0.25) is 10.0 Å². The number of Topliss-reactive ketones (excluding diaryl/α,β-unsaturated/α-hetero) is 1. The molecule has 1 heterocycles. The largest absolute Gasteiger partial charge is 0.323 e. The van der Waals surface area contributed by atoms with Gasteiger partial charge in [-0.05, 0) is 50.1 Å². The number of ketones is 1. The third-order valence-corrected chi connectivity index (χ3v) is 6.20. The summed E-state index contributed by atoms with van der Waals surface area (Å²) in [5, 5.41) is 5.37. The minimum atomic E-state index is -3.34. The van der Waals surface area contributed by atoms with Gasteiger partial charge in [-0.3, -0.25) is 9.10 Å². The molecule has 0 fully saturated rings. The molecular formula is C19H21N3O4S. The zero-order valence-corrected chi connectivity index (χ0v) is 16.0. The van der Waals surface area contributed by atoms with Crippen LogP contribution in [0.15, 0.2) is 42.5 Å². The second kappa shape index (κ2) is 7.40. The van der Waals surface area contributed by atoms with E-state index in [1.165, 1.54) is 11.2 Å². The van der Waals surface area contributed by atoms with Gasteiger partial charge < -0.3 is 10.6 Å². The van der Waals surface area contributed by atoms with Gasteiger partial charge in [-0.25, -0.2) is 13.2 Å². The highest BCUT2D eigenvalue weighted by Gasteiger charge is 2.28. The Labute approximate surface area is 158 Å². The molecule has 0 atom stereocenters. The second-order valence-corrected chi connectivity index (χ2v) is 8.46. The summed E-state index contributed by atoms with van der Waals surface area (Å²) in [5.74, 6) is -0.0632. The number of sulfonamides is 1. The van der Waals surface area contributed by atoms with Crippen molar-refractivity contribution in [3.05, 3.63) is 53.6 Å². The molecule has 0 radical (unpaired) electrons. The van der Waals surface area contributed by atoms with E-state index in [4.69, 9.17) is 0 Å². The van der Waals surface area contributed by atoms with E-state index in [1.807, 2.05) is 6.07 Å². The molecule has 2 amide bonds. The fourth-order valence-electron chi connectivity index (χ4n) is 2.98. The molecule has 1 aliphatic heterocycles. The molecule has 0 saturated heterocycles. The minimum Gasteiger partial charge on any atom is -0.308 e. The maximum absolute atomic E-state index is 12.3. The number of fused-ring (bicyclic) bond motifs is 1. The molecule has 0 bridgehead atoms. The number of hydrogen-bond donors (Lipinski definition) is 2. The van der Waals surface area contributed by atoms with Crippen LogP contribution in [0.5, 0.6) is 0 Å². The van der Waals surface area contributed by atoms with E-state index < -0.39 is 16.1 Å². The standard InChI is InChI=1S/C19H21N3O4S/c1-3-27(25,26)22-10-9-14-7-8-17(12-18(14)22)21-19(24)20-16-6-4-5-15(11-16)13(2)23/h4-8,11-12H,3,9-10H2,1-2H3,(H2,20,21,24). The zero-order chi connectivity index (χ0) is 19.6. The Kier molecular flexibility index (Phi) is 5.18. The van der Waals surface area contributed by atoms with Crippen LogP contribution in [0.25, 0.3) is 0 Å². The van der Waals surface area contributed by atoms with Gasteiger partial charge in [0.05, 0.1) is 11.4 Å². The van der Waals surface area contributed by atoms with E-state index in [0.29, 0.717) is 35.6 Å². The number of carbonyl (C=O) groups is 2. The van der Waals surface area contributed by atoms with Crippen molar-refractivity contribution in [2.45, 2.75) is 20.3 Å². The third-order valence-electron chi connectivity index (χ3n) is 4.42. The van der Waals surface area contributed by atoms with Crippen molar-refractivity contribution in [2.75, 3.05) is 27.2 Å². The SMILES string of the molecule is CCS(=O)(=O)N1CCc2ccc(NC(=O)Nc3cccc(C(C)=O)c3)cc21. The minimum absolute atomic E-state index is 0.0249. The summed E-state index contributed by atoms with van der Waals surface area (Å²) in [6.07, 6.45) is 0.652. The molecular weight excluding hydrogens is 366 g/mol. The van der Waals surface area contributed by atoms with Gasteiger partial charge in [0.25, 0.3) is 0 Å². The number of anilines is 3. The van der Waals surface area contributed by atoms with Gasteiger partial charge in [0.1, 0.15) is 0 Å². The molecule has 3 rings (SSSR count). The van der Waals surface area contributed by atoms with Crippen molar-refractivity contribution in [1.82, 2.24) is 0 Å². The molecule has 0 aromatic heterocycles. The van der Waals surface area contributed by atoms with Gasteiger partial charge in [0.15, 0.2) is 5.78 Å². The average molecular weight is 387 g/mol. The Morgan fingerprint density at radius 3 is 2.44 bits per heavy atom. The Morgan fingerprint density at radius 2 is 1.78 bits per heavy atom. The summed E-state index contributed by atoms with van der Waals surface area (Å²) in [7, 11) is -3.34. The van der Waals surface area contributed by atoms with Gasteiger partial charge in [0, 0.05) is 23.5 Å². The summed E-state index contributed by atoms with van der Waals surface area (Å²) >= 11 is 0. The van der Waals surface area contributed by atoms with E-state index in [-0.39, 0.29) is 11.5 Å². The van der Waals surface area contributed by atoms with Gasteiger partial charge in [-0.2, -0.15) is 0 Å². The lowest BCUT2D eigenvalue weighted by Crippen LogP contribution is -2.30. The Balaban J connectivity index is 1.75. The fraction of sp³-hybridized carbons (Fsp3) is 0.263. The monoisotopic (exact) mass is 387 g/mol.